The molecule has 0 aromatic heterocycles. The van der Waals surface area contributed by atoms with Crippen LogP contribution in [0.15, 0.2) is 36.4 Å². The summed E-state index contributed by atoms with van der Waals surface area (Å²) in [5.41, 5.74) is 1.18. The van der Waals surface area contributed by atoms with Crippen LogP contribution in [0.3, 0.4) is 0 Å². The van der Waals surface area contributed by atoms with Crippen molar-refractivity contribution in [3.8, 4) is 0 Å². The van der Waals surface area contributed by atoms with Gasteiger partial charge in [-0.2, -0.15) is 0 Å². The van der Waals surface area contributed by atoms with Crippen LogP contribution >= 0.6 is 23.2 Å². The van der Waals surface area contributed by atoms with Gasteiger partial charge in [-0.1, -0.05) is 29.3 Å². The van der Waals surface area contributed by atoms with Crippen molar-refractivity contribution >= 4 is 40.8 Å². The van der Waals surface area contributed by atoms with Gasteiger partial charge in [-0.3, -0.25) is 9.59 Å². The van der Waals surface area contributed by atoms with Crippen molar-refractivity contribution in [3.05, 3.63) is 63.4 Å². The second-order valence-corrected chi connectivity index (χ2v) is 7.52. The molecule has 0 spiro atoms. The van der Waals surface area contributed by atoms with Crippen LogP contribution in [0.1, 0.15) is 47.5 Å². The molecule has 3 rings (SSSR count). The van der Waals surface area contributed by atoms with Gasteiger partial charge >= 0.3 is 5.97 Å². The van der Waals surface area contributed by atoms with Crippen molar-refractivity contribution < 1.29 is 19.1 Å². The number of hydrogen-bond acceptors (Lipinski definition) is 2. The standard InChI is InChI=1S/C20H18Cl2FNO3/c21-15-7-5-14(9-16(15)22)19(25)24-18-8-6-13(10-17(18)23)11-1-3-12(4-2-11)20(26)27/h5-12H,1-4H2,(H,24,25)(H,26,27). The van der Waals surface area contributed by atoms with Crippen LogP contribution in [0.2, 0.25) is 10.0 Å². The molecule has 142 valence electrons. The van der Waals surface area contributed by atoms with Crippen molar-refractivity contribution in [2.24, 2.45) is 5.92 Å². The van der Waals surface area contributed by atoms with E-state index >= 15 is 0 Å². The normalized spacial score (nSPS) is 19.5. The molecule has 1 aliphatic carbocycles. The zero-order valence-electron chi connectivity index (χ0n) is 14.3. The predicted octanol–water partition coefficient (Wildman–Crippen LogP) is 5.74. The van der Waals surface area contributed by atoms with Crippen LogP contribution in [0.4, 0.5) is 10.1 Å². The number of halogens is 3. The van der Waals surface area contributed by atoms with E-state index in [1.807, 2.05) is 0 Å². The summed E-state index contributed by atoms with van der Waals surface area (Å²) >= 11 is 11.7. The summed E-state index contributed by atoms with van der Waals surface area (Å²) in [4.78, 5) is 23.3. The minimum Gasteiger partial charge on any atom is -0.481 e. The fraction of sp³-hybridized carbons (Fsp3) is 0.300. The summed E-state index contributed by atoms with van der Waals surface area (Å²) in [6.07, 6.45) is 2.62. The molecule has 0 atom stereocenters. The lowest BCUT2D eigenvalue weighted by Crippen LogP contribution is -2.20. The molecule has 0 radical (unpaired) electrons. The minimum absolute atomic E-state index is 0.0778. The molecule has 2 aromatic rings. The topological polar surface area (TPSA) is 66.4 Å². The Morgan fingerprint density at radius 3 is 2.30 bits per heavy atom. The van der Waals surface area contributed by atoms with Gasteiger partial charge < -0.3 is 10.4 Å². The van der Waals surface area contributed by atoms with E-state index in [0.717, 1.165) is 5.56 Å². The first-order valence-corrected chi connectivity index (χ1v) is 9.39. The number of rotatable bonds is 4. The molecule has 0 unspecified atom stereocenters. The molecular formula is C20H18Cl2FNO3. The Balaban J connectivity index is 1.69. The molecular weight excluding hydrogens is 392 g/mol. The van der Waals surface area contributed by atoms with Crippen molar-refractivity contribution in [3.63, 3.8) is 0 Å². The fourth-order valence-corrected chi connectivity index (χ4v) is 3.69. The molecule has 27 heavy (non-hydrogen) atoms. The highest BCUT2D eigenvalue weighted by atomic mass is 35.5. The number of amides is 1. The number of benzene rings is 2. The van der Waals surface area contributed by atoms with Gasteiger partial charge in [-0.15, -0.1) is 0 Å². The Labute approximate surface area is 166 Å². The molecule has 0 bridgehead atoms. The van der Waals surface area contributed by atoms with Crippen molar-refractivity contribution in [1.29, 1.82) is 0 Å². The van der Waals surface area contributed by atoms with Crippen LogP contribution in [0, 0.1) is 11.7 Å². The van der Waals surface area contributed by atoms with Crippen molar-refractivity contribution in [1.82, 2.24) is 0 Å². The Kier molecular flexibility index (Phi) is 6.02. The number of carboxylic acids is 1. The highest BCUT2D eigenvalue weighted by molar-refractivity contribution is 6.42. The summed E-state index contributed by atoms with van der Waals surface area (Å²) in [6.45, 7) is 0. The third kappa shape index (κ3) is 4.60. The summed E-state index contributed by atoms with van der Waals surface area (Å²) in [6, 6.07) is 9.16. The number of hydrogen-bond donors (Lipinski definition) is 2. The predicted molar refractivity (Wildman–Crippen MR) is 103 cm³/mol. The SMILES string of the molecule is O=C(Nc1ccc(C2CCC(C(=O)O)CC2)cc1F)c1ccc(Cl)c(Cl)c1. The lowest BCUT2D eigenvalue weighted by molar-refractivity contribution is -0.142. The summed E-state index contributed by atoms with van der Waals surface area (Å²) in [5.74, 6) is -1.95. The van der Waals surface area contributed by atoms with Crippen molar-refractivity contribution in [2.75, 3.05) is 5.32 Å². The molecule has 1 saturated carbocycles. The van der Waals surface area contributed by atoms with E-state index in [1.165, 1.54) is 30.3 Å². The average Bonchev–Trinajstić information content (AvgIpc) is 2.65. The number of aliphatic carboxylic acids is 1. The molecule has 0 heterocycles. The van der Waals surface area contributed by atoms with Crippen LogP contribution < -0.4 is 5.32 Å². The van der Waals surface area contributed by atoms with Crippen LogP contribution in [-0.4, -0.2) is 17.0 Å². The zero-order valence-corrected chi connectivity index (χ0v) is 15.9. The smallest absolute Gasteiger partial charge is 0.306 e. The molecule has 4 nitrogen and oxygen atoms in total. The highest BCUT2D eigenvalue weighted by Gasteiger charge is 2.27. The fourth-order valence-electron chi connectivity index (χ4n) is 3.39. The van der Waals surface area contributed by atoms with E-state index < -0.39 is 17.7 Å². The van der Waals surface area contributed by atoms with Crippen LogP contribution in [0.25, 0.3) is 0 Å². The Morgan fingerprint density at radius 2 is 1.70 bits per heavy atom. The van der Waals surface area contributed by atoms with E-state index in [1.54, 1.807) is 6.07 Å². The molecule has 2 N–H and O–H groups in total. The third-order valence-corrected chi connectivity index (χ3v) is 5.71. The largest absolute Gasteiger partial charge is 0.481 e. The Bertz CT molecular complexity index is 880. The van der Waals surface area contributed by atoms with Gasteiger partial charge in [0.15, 0.2) is 0 Å². The number of carbonyl (C=O) groups is 2. The molecule has 7 heteroatoms. The molecule has 2 aromatic carbocycles. The average molecular weight is 410 g/mol. The van der Waals surface area contributed by atoms with E-state index in [9.17, 15) is 14.0 Å². The van der Waals surface area contributed by atoms with Gasteiger partial charge in [0, 0.05) is 5.56 Å². The third-order valence-electron chi connectivity index (χ3n) is 4.97. The number of carbonyl (C=O) groups excluding carboxylic acids is 1. The van der Waals surface area contributed by atoms with E-state index in [2.05, 4.69) is 5.32 Å². The summed E-state index contributed by atoms with van der Waals surface area (Å²) < 4.78 is 14.5. The molecule has 0 aliphatic heterocycles. The second kappa shape index (κ2) is 8.28. The molecule has 1 fully saturated rings. The van der Waals surface area contributed by atoms with Gasteiger partial charge in [0.25, 0.3) is 5.91 Å². The van der Waals surface area contributed by atoms with Crippen LogP contribution in [-0.2, 0) is 4.79 Å². The monoisotopic (exact) mass is 409 g/mol. The molecule has 1 amide bonds. The van der Waals surface area contributed by atoms with Gasteiger partial charge in [0.1, 0.15) is 5.82 Å². The first kappa shape index (κ1) is 19.6. The zero-order chi connectivity index (χ0) is 19.6. The Morgan fingerprint density at radius 1 is 1.00 bits per heavy atom. The number of anilines is 1. The van der Waals surface area contributed by atoms with E-state index in [4.69, 9.17) is 28.3 Å². The molecule has 0 saturated heterocycles. The summed E-state index contributed by atoms with van der Waals surface area (Å²) in [7, 11) is 0. The maximum absolute atomic E-state index is 14.5. The lowest BCUT2D eigenvalue weighted by atomic mass is 9.79. The number of nitrogens with one attached hydrogen (secondary N) is 1. The maximum atomic E-state index is 14.5. The number of carboxylic acid groups (broad SMARTS) is 1. The van der Waals surface area contributed by atoms with Gasteiger partial charge in [0.05, 0.1) is 21.7 Å². The van der Waals surface area contributed by atoms with Gasteiger partial charge in [0.2, 0.25) is 0 Å². The molecule has 1 aliphatic rings. The highest BCUT2D eigenvalue weighted by Crippen LogP contribution is 2.36. The minimum atomic E-state index is -0.764. The quantitative estimate of drug-likeness (QED) is 0.675. The second-order valence-electron chi connectivity index (χ2n) is 6.71. The van der Waals surface area contributed by atoms with E-state index in [-0.39, 0.29) is 28.1 Å². The maximum Gasteiger partial charge on any atom is 0.306 e. The van der Waals surface area contributed by atoms with Crippen molar-refractivity contribution in [2.45, 2.75) is 31.6 Å². The first-order chi connectivity index (χ1) is 12.8. The van der Waals surface area contributed by atoms with Gasteiger partial charge in [-0.25, -0.2) is 4.39 Å². The van der Waals surface area contributed by atoms with Crippen LogP contribution in [0.5, 0.6) is 0 Å². The van der Waals surface area contributed by atoms with E-state index in [0.29, 0.717) is 30.7 Å². The lowest BCUT2D eigenvalue weighted by Gasteiger charge is -2.26. The van der Waals surface area contributed by atoms with Gasteiger partial charge in [-0.05, 0) is 67.5 Å². The first-order valence-electron chi connectivity index (χ1n) is 8.64. The Hall–Kier alpha value is -2.11. The summed E-state index contributed by atoms with van der Waals surface area (Å²) in [5, 5.41) is 12.2.